The highest BCUT2D eigenvalue weighted by molar-refractivity contribution is 6.43. The highest BCUT2D eigenvalue weighted by atomic mass is 35.5. The van der Waals surface area contributed by atoms with E-state index in [0.29, 0.717) is 33.3 Å². The lowest BCUT2D eigenvalue weighted by Crippen LogP contribution is -2.37. The average molecular weight is 329 g/mol. The fourth-order valence-electron chi connectivity index (χ4n) is 2.69. The molecule has 1 aromatic carbocycles. The van der Waals surface area contributed by atoms with Gasteiger partial charge >= 0.3 is 0 Å². The van der Waals surface area contributed by atoms with Gasteiger partial charge in [0.05, 0.1) is 22.3 Å². The Hall–Kier alpha value is -0.970. The predicted molar refractivity (Wildman–Crippen MR) is 83.9 cm³/mol. The minimum atomic E-state index is -0.0188. The second-order valence-corrected chi connectivity index (χ2v) is 6.56. The number of anilines is 1. The number of benzene rings is 1. The molecule has 0 bridgehead atoms. The first kappa shape index (κ1) is 14.9. The molecule has 114 valence electrons. The molecule has 1 heterocycles. The molecule has 4 nitrogen and oxygen atoms in total. The van der Waals surface area contributed by atoms with Crippen molar-refractivity contribution in [2.24, 2.45) is 5.92 Å². The molecule has 0 radical (unpaired) electrons. The molecule has 0 aromatic heterocycles. The van der Waals surface area contributed by atoms with Crippen LogP contribution in [-0.2, 0) is 4.74 Å². The first-order valence-electron chi connectivity index (χ1n) is 7.19. The largest absolute Gasteiger partial charge is 0.397 e. The van der Waals surface area contributed by atoms with Gasteiger partial charge < -0.3 is 15.4 Å². The number of carbonyl (C=O) groups excluding carboxylic acids is 1. The Bertz CT molecular complexity index is 532. The number of hydrogen-bond donors (Lipinski definition) is 1. The molecule has 1 aliphatic heterocycles. The summed E-state index contributed by atoms with van der Waals surface area (Å²) in [4.78, 5) is 14.7. The molecule has 2 N–H and O–H groups in total. The summed E-state index contributed by atoms with van der Waals surface area (Å²) in [5, 5.41) is 0.621. The molecule has 1 unspecified atom stereocenters. The van der Waals surface area contributed by atoms with Crippen molar-refractivity contribution < 1.29 is 9.53 Å². The van der Waals surface area contributed by atoms with Gasteiger partial charge in [-0.1, -0.05) is 23.2 Å². The molecule has 3 rings (SSSR count). The lowest BCUT2D eigenvalue weighted by Gasteiger charge is -2.25. The third-order valence-electron chi connectivity index (χ3n) is 4.03. The molecule has 6 heteroatoms. The van der Waals surface area contributed by atoms with Crippen molar-refractivity contribution in [3.8, 4) is 0 Å². The molecule has 1 aliphatic carbocycles. The second kappa shape index (κ2) is 6.03. The number of nitrogens with two attached hydrogens (primary N) is 1. The van der Waals surface area contributed by atoms with Crippen molar-refractivity contribution in [3.63, 3.8) is 0 Å². The van der Waals surface area contributed by atoms with E-state index < -0.39 is 0 Å². The molecule has 1 atom stereocenters. The topological polar surface area (TPSA) is 55.6 Å². The Morgan fingerprint density at radius 2 is 2.10 bits per heavy atom. The van der Waals surface area contributed by atoms with Gasteiger partial charge in [0.1, 0.15) is 0 Å². The van der Waals surface area contributed by atoms with Crippen LogP contribution in [0.5, 0.6) is 0 Å². The Balaban J connectivity index is 1.80. The molecule has 1 saturated carbocycles. The Kier molecular flexibility index (Phi) is 4.29. The normalized spacial score (nSPS) is 21.5. The van der Waals surface area contributed by atoms with Crippen LogP contribution < -0.4 is 5.73 Å². The molecule has 21 heavy (non-hydrogen) atoms. The summed E-state index contributed by atoms with van der Waals surface area (Å²) in [5.41, 5.74) is 6.65. The monoisotopic (exact) mass is 328 g/mol. The highest BCUT2D eigenvalue weighted by Crippen LogP contribution is 2.33. The first-order chi connectivity index (χ1) is 10.1. The van der Waals surface area contributed by atoms with Crippen LogP contribution in [0.3, 0.4) is 0 Å². The van der Waals surface area contributed by atoms with Crippen LogP contribution in [0, 0.1) is 5.92 Å². The standard InChI is InChI=1S/C15H18Cl2N2O2/c16-12-5-10(6-13(18)14(12)17)15(20)19(11-1-2-11)7-9-3-4-21-8-9/h5-6,9,11H,1-4,7-8,18H2. The molecular weight excluding hydrogens is 311 g/mol. The van der Waals surface area contributed by atoms with E-state index >= 15 is 0 Å². The van der Waals surface area contributed by atoms with Gasteiger partial charge in [0.2, 0.25) is 0 Å². The quantitative estimate of drug-likeness (QED) is 0.863. The van der Waals surface area contributed by atoms with E-state index in [1.54, 1.807) is 12.1 Å². The van der Waals surface area contributed by atoms with Crippen molar-refractivity contribution >= 4 is 34.8 Å². The maximum absolute atomic E-state index is 12.8. The minimum Gasteiger partial charge on any atom is -0.397 e. The van der Waals surface area contributed by atoms with Gasteiger partial charge in [0.15, 0.2) is 0 Å². The Labute approximate surface area is 134 Å². The van der Waals surface area contributed by atoms with Crippen LogP contribution in [-0.4, -0.2) is 36.6 Å². The second-order valence-electron chi connectivity index (χ2n) is 5.78. The zero-order chi connectivity index (χ0) is 15.0. The lowest BCUT2D eigenvalue weighted by atomic mass is 10.1. The summed E-state index contributed by atoms with van der Waals surface area (Å²) in [5.74, 6) is 0.407. The van der Waals surface area contributed by atoms with Crippen LogP contribution >= 0.6 is 23.2 Å². The van der Waals surface area contributed by atoms with Crippen LogP contribution in [0.4, 0.5) is 5.69 Å². The maximum atomic E-state index is 12.8. The number of amides is 1. The third kappa shape index (κ3) is 3.28. The summed E-state index contributed by atoms with van der Waals surface area (Å²) >= 11 is 12.0. The summed E-state index contributed by atoms with van der Waals surface area (Å²) in [7, 11) is 0. The fraction of sp³-hybridized carbons (Fsp3) is 0.533. The van der Waals surface area contributed by atoms with Crippen molar-refractivity contribution in [3.05, 3.63) is 27.7 Å². The Morgan fingerprint density at radius 3 is 2.67 bits per heavy atom. The smallest absolute Gasteiger partial charge is 0.254 e. The average Bonchev–Trinajstić information content (AvgIpc) is 3.17. The predicted octanol–water partition coefficient (Wildman–Crippen LogP) is 3.22. The van der Waals surface area contributed by atoms with E-state index in [1.807, 2.05) is 4.90 Å². The summed E-state index contributed by atoms with van der Waals surface area (Å²) in [6.45, 7) is 2.26. The van der Waals surface area contributed by atoms with E-state index in [0.717, 1.165) is 39.0 Å². The summed E-state index contributed by atoms with van der Waals surface area (Å²) < 4.78 is 5.40. The summed E-state index contributed by atoms with van der Waals surface area (Å²) in [6, 6.07) is 3.55. The molecule has 0 spiro atoms. The van der Waals surface area contributed by atoms with E-state index in [4.69, 9.17) is 33.7 Å². The number of halogens is 2. The van der Waals surface area contributed by atoms with Crippen LogP contribution in [0.1, 0.15) is 29.6 Å². The number of ether oxygens (including phenoxy) is 1. The lowest BCUT2D eigenvalue weighted by molar-refractivity contribution is 0.0706. The number of rotatable bonds is 4. The maximum Gasteiger partial charge on any atom is 0.254 e. The van der Waals surface area contributed by atoms with E-state index in [-0.39, 0.29) is 5.91 Å². The SMILES string of the molecule is Nc1cc(C(=O)N(CC2CCOC2)C2CC2)cc(Cl)c1Cl. The van der Waals surface area contributed by atoms with E-state index in [2.05, 4.69) is 0 Å². The van der Waals surface area contributed by atoms with Crippen molar-refractivity contribution in [2.45, 2.75) is 25.3 Å². The van der Waals surface area contributed by atoms with Crippen molar-refractivity contribution in [1.82, 2.24) is 4.90 Å². The zero-order valence-corrected chi connectivity index (χ0v) is 13.2. The summed E-state index contributed by atoms with van der Waals surface area (Å²) in [6.07, 6.45) is 3.15. The molecular formula is C15H18Cl2N2O2. The number of nitrogens with zero attached hydrogens (tertiary/aromatic N) is 1. The minimum absolute atomic E-state index is 0.0188. The molecule has 1 saturated heterocycles. The molecule has 1 amide bonds. The third-order valence-corrected chi connectivity index (χ3v) is 4.85. The van der Waals surface area contributed by atoms with Crippen LogP contribution in [0.25, 0.3) is 0 Å². The van der Waals surface area contributed by atoms with Gasteiger partial charge in [-0.15, -0.1) is 0 Å². The zero-order valence-electron chi connectivity index (χ0n) is 11.6. The van der Waals surface area contributed by atoms with Crippen LogP contribution in [0.15, 0.2) is 12.1 Å². The van der Waals surface area contributed by atoms with Gasteiger partial charge in [0.25, 0.3) is 5.91 Å². The van der Waals surface area contributed by atoms with Crippen LogP contribution in [0.2, 0.25) is 10.0 Å². The number of hydrogen-bond acceptors (Lipinski definition) is 3. The number of carbonyl (C=O) groups is 1. The van der Waals surface area contributed by atoms with Gasteiger partial charge in [-0.3, -0.25) is 4.79 Å². The molecule has 2 fully saturated rings. The fourth-order valence-corrected chi connectivity index (χ4v) is 3.02. The van der Waals surface area contributed by atoms with Gasteiger partial charge in [-0.05, 0) is 31.4 Å². The van der Waals surface area contributed by atoms with Crippen molar-refractivity contribution in [2.75, 3.05) is 25.5 Å². The Morgan fingerprint density at radius 1 is 1.33 bits per heavy atom. The highest BCUT2D eigenvalue weighted by Gasteiger charge is 2.35. The van der Waals surface area contributed by atoms with Gasteiger partial charge in [-0.25, -0.2) is 0 Å². The van der Waals surface area contributed by atoms with E-state index in [9.17, 15) is 4.79 Å². The first-order valence-corrected chi connectivity index (χ1v) is 7.95. The van der Waals surface area contributed by atoms with Gasteiger partial charge in [0, 0.05) is 30.7 Å². The molecule has 2 aliphatic rings. The van der Waals surface area contributed by atoms with Crippen molar-refractivity contribution in [1.29, 1.82) is 0 Å². The van der Waals surface area contributed by atoms with E-state index in [1.165, 1.54) is 0 Å². The number of nitrogen functional groups attached to an aromatic ring is 1. The molecule has 1 aromatic rings. The van der Waals surface area contributed by atoms with Gasteiger partial charge in [-0.2, -0.15) is 0 Å².